The quantitative estimate of drug-likeness (QED) is 0.823. The molecule has 3 rings (SSSR count). The van der Waals surface area contributed by atoms with Gasteiger partial charge in [0.05, 0.1) is 18.6 Å². The molecule has 2 aliphatic rings. The summed E-state index contributed by atoms with van der Waals surface area (Å²) >= 11 is 0. The Morgan fingerprint density at radius 2 is 2.17 bits per heavy atom. The van der Waals surface area contributed by atoms with Crippen LogP contribution in [0.1, 0.15) is 24.5 Å². The Bertz CT molecular complexity index is 493. The van der Waals surface area contributed by atoms with Crippen LogP contribution in [0.3, 0.4) is 0 Å². The number of amides is 1. The average Bonchev–Trinajstić information content (AvgIpc) is 2.27. The first kappa shape index (κ1) is 11.7. The monoisotopic (exact) mass is 246 g/mol. The number of anilines is 1. The van der Waals surface area contributed by atoms with Gasteiger partial charge in [0, 0.05) is 18.2 Å². The van der Waals surface area contributed by atoms with Gasteiger partial charge in [0.2, 0.25) is 5.91 Å². The molecule has 0 aromatic heterocycles. The smallest absolute Gasteiger partial charge is 0.224 e. The molecule has 18 heavy (non-hydrogen) atoms. The highest BCUT2D eigenvalue weighted by Crippen LogP contribution is 2.37. The number of nitrogens with one attached hydrogen (secondary N) is 1. The van der Waals surface area contributed by atoms with Gasteiger partial charge in [-0.05, 0) is 30.5 Å². The largest absolute Gasteiger partial charge is 0.379 e. The lowest BCUT2D eigenvalue weighted by atomic mass is 9.72. The van der Waals surface area contributed by atoms with Crippen LogP contribution in [0, 0.1) is 0 Å². The fourth-order valence-corrected chi connectivity index (χ4v) is 2.71. The normalized spacial score (nSPS) is 22.7. The number of ether oxygens (including phenoxy) is 1. The lowest BCUT2D eigenvalue weighted by molar-refractivity contribution is -0.116. The molecule has 3 N–H and O–H groups in total. The van der Waals surface area contributed by atoms with Gasteiger partial charge in [0.15, 0.2) is 0 Å². The summed E-state index contributed by atoms with van der Waals surface area (Å²) in [7, 11) is 0. The third-order valence-corrected chi connectivity index (χ3v) is 4.17. The highest BCUT2D eigenvalue weighted by Gasteiger charge is 2.44. The molecular weight excluding hydrogens is 228 g/mol. The minimum atomic E-state index is -0.0452. The Labute approximate surface area is 107 Å². The fraction of sp³-hybridized carbons (Fsp3) is 0.500. The van der Waals surface area contributed by atoms with Crippen LogP contribution in [0.5, 0.6) is 0 Å². The molecule has 1 unspecified atom stereocenters. The van der Waals surface area contributed by atoms with Gasteiger partial charge in [-0.3, -0.25) is 4.79 Å². The van der Waals surface area contributed by atoms with E-state index in [4.69, 9.17) is 10.5 Å². The molecule has 0 aliphatic carbocycles. The number of hydrogen-bond acceptors (Lipinski definition) is 3. The van der Waals surface area contributed by atoms with Gasteiger partial charge >= 0.3 is 0 Å². The van der Waals surface area contributed by atoms with Crippen LogP contribution in [-0.4, -0.2) is 25.2 Å². The summed E-state index contributed by atoms with van der Waals surface area (Å²) in [5.41, 5.74) is 9.45. The zero-order valence-corrected chi connectivity index (χ0v) is 10.5. The van der Waals surface area contributed by atoms with E-state index in [1.807, 2.05) is 13.0 Å². The van der Waals surface area contributed by atoms with E-state index >= 15 is 0 Å². The van der Waals surface area contributed by atoms with Crippen molar-refractivity contribution < 1.29 is 9.53 Å². The van der Waals surface area contributed by atoms with Gasteiger partial charge in [0.1, 0.15) is 0 Å². The maximum absolute atomic E-state index is 11.3. The fourth-order valence-electron chi connectivity index (χ4n) is 2.71. The van der Waals surface area contributed by atoms with Crippen LogP contribution in [0.2, 0.25) is 0 Å². The number of carbonyl (C=O) groups excluding carboxylic acids is 1. The molecule has 1 aromatic rings. The molecule has 2 heterocycles. The average molecular weight is 246 g/mol. The van der Waals surface area contributed by atoms with Crippen molar-refractivity contribution in [2.24, 2.45) is 5.73 Å². The van der Waals surface area contributed by atoms with E-state index in [0.29, 0.717) is 19.6 Å². The van der Waals surface area contributed by atoms with Crippen LogP contribution >= 0.6 is 0 Å². The lowest BCUT2D eigenvalue weighted by Crippen LogP contribution is -2.57. The zero-order valence-electron chi connectivity index (χ0n) is 10.5. The van der Waals surface area contributed by atoms with Crippen molar-refractivity contribution in [2.75, 3.05) is 18.5 Å². The molecule has 4 nitrogen and oxygen atoms in total. The number of aryl methyl sites for hydroxylation is 1. The summed E-state index contributed by atoms with van der Waals surface area (Å²) in [6, 6.07) is 6.31. The van der Waals surface area contributed by atoms with E-state index in [1.54, 1.807) is 0 Å². The highest BCUT2D eigenvalue weighted by molar-refractivity contribution is 5.93. The first-order valence-corrected chi connectivity index (χ1v) is 6.38. The predicted molar refractivity (Wildman–Crippen MR) is 69.5 cm³/mol. The van der Waals surface area contributed by atoms with Gasteiger partial charge < -0.3 is 15.8 Å². The van der Waals surface area contributed by atoms with Crippen LogP contribution < -0.4 is 11.1 Å². The second-order valence-electron chi connectivity index (χ2n) is 5.36. The van der Waals surface area contributed by atoms with Crippen LogP contribution in [-0.2, 0) is 21.4 Å². The molecule has 1 fully saturated rings. The van der Waals surface area contributed by atoms with Gasteiger partial charge in [-0.15, -0.1) is 0 Å². The summed E-state index contributed by atoms with van der Waals surface area (Å²) in [4.78, 5) is 11.3. The maximum Gasteiger partial charge on any atom is 0.224 e. The molecule has 0 saturated carbocycles. The number of fused-ring (bicyclic) bond motifs is 1. The third kappa shape index (κ3) is 1.64. The summed E-state index contributed by atoms with van der Waals surface area (Å²) in [5, 5.41) is 2.90. The number of benzene rings is 1. The maximum atomic E-state index is 11.3. The van der Waals surface area contributed by atoms with Crippen molar-refractivity contribution in [1.82, 2.24) is 0 Å². The second-order valence-corrected chi connectivity index (χ2v) is 5.36. The Balaban J connectivity index is 1.97. The minimum absolute atomic E-state index is 0.0452. The molecule has 0 radical (unpaired) electrons. The molecular formula is C14H18N2O2. The number of hydrogen-bond donors (Lipinski definition) is 2. The second kappa shape index (κ2) is 4.07. The summed E-state index contributed by atoms with van der Waals surface area (Å²) in [6.07, 6.45) is 1.38. The number of rotatable bonds is 2. The summed E-state index contributed by atoms with van der Waals surface area (Å²) in [6.45, 7) is 3.41. The Hall–Kier alpha value is -1.39. The van der Waals surface area contributed by atoms with Crippen LogP contribution in [0.4, 0.5) is 5.69 Å². The van der Waals surface area contributed by atoms with Crippen molar-refractivity contribution in [2.45, 2.75) is 31.2 Å². The van der Waals surface area contributed by atoms with Gasteiger partial charge in [0.25, 0.3) is 0 Å². The molecule has 4 heteroatoms. The van der Waals surface area contributed by atoms with Crippen molar-refractivity contribution in [1.29, 1.82) is 0 Å². The predicted octanol–water partition coefficient (Wildman–Crippen LogP) is 1.19. The molecule has 0 spiro atoms. The van der Waals surface area contributed by atoms with Crippen LogP contribution in [0.25, 0.3) is 0 Å². The molecule has 0 bridgehead atoms. The highest BCUT2D eigenvalue weighted by atomic mass is 16.5. The SMILES string of the molecule is CC(N)C1(c2ccc3c(c2)CCC(=O)N3)COC1. The van der Waals surface area contributed by atoms with E-state index in [9.17, 15) is 4.79 Å². The standard InChI is InChI=1S/C14H18N2O2/c1-9(15)14(7-18-8-14)11-3-4-12-10(6-11)2-5-13(17)16-12/h3-4,6,9H,2,5,7-8,15H2,1H3,(H,16,17). The topological polar surface area (TPSA) is 64.4 Å². The van der Waals surface area contributed by atoms with E-state index in [2.05, 4.69) is 17.4 Å². The van der Waals surface area contributed by atoms with Crippen molar-refractivity contribution in [3.8, 4) is 0 Å². The van der Waals surface area contributed by atoms with Gasteiger partial charge in [-0.25, -0.2) is 0 Å². The van der Waals surface area contributed by atoms with Crippen molar-refractivity contribution >= 4 is 11.6 Å². The summed E-state index contributed by atoms with van der Waals surface area (Å²) < 4.78 is 5.37. The molecule has 1 atom stereocenters. The molecule has 1 saturated heterocycles. The first-order valence-electron chi connectivity index (χ1n) is 6.38. The third-order valence-electron chi connectivity index (χ3n) is 4.17. The van der Waals surface area contributed by atoms with Gasteiger partial charge in [-0.2, -0.15) is 0 Å². The van der Waals surface area contributed by atoms with E-state index in [0.717, 1.165) is 12.1 Å². The molecule has 1 aromatic carbocycles. The minimum Gasteiger partial charge on any atom is -0.379 e. The van der Waals surface area contributed by atoms with E-state index in [1.165, 1.54) is 11.1 Å². The number of carbonyl (C=O) groups is 1. The lowest BCUT2D eigenvalue weighted by Gasteiger charge is -2.45. The van der Waals surface area contributed by atoms with E-state index < -0.39 is 0 Å². The van der Waals surface area contributed by atoms with Crippen molar-refractivity contribution in [3.63, 3.8) is 0 Å². The van der Waals surface area contributed by atoms with Crippen LogP contribution in [0.15, 0.2) is 18.2 Å². The molecule has 1 amide bonds. The first-order chi connectivity index (χ1) is 8.62. The van der Waals surface area contributed by atoms with E-state index in [-0.39, 0.29) is 17.4 Å². The van der Waals surface area contributed by atoms with Gasteiger partial charge in [-0.1, -0.05) is 12.1 Å². The number of nitrogens with two attached hydrogens (primary N) is 1. The molecule has 96 valence electrons. The Morgan fingerprint density at radius 1 is 1.39 bits per heavy atom. The Morgan fingerprint density at radius 3 is 2.78 bits per heavy atom. The summed E-state index contributed by atoms with van der Waals surface area (Å²) in [5.74, 6) is 0.101. The zero-order chi connectivity index (χ0) is 12.8. The molecule has 2 aliphatic heterocycles. The Kier molecular flexibility index (Phi) is 2.64. The van der Waals surface area contributed by atoms with Crippen molar-refractivity contribution in [3.05, 3.63) is 29.3 Å².